The summed E-state index contributed by atoms with van der Waals surface area (Å²) in [4.78, 5) is 2.48. The van der Waals surface area contributed by atoms with Crippen LogP contribution in [-0.4, -0.2) is 37.1 Å². The maximum atomic E-state index is 3.74. The fourth-order valence-electron chi connectivity index (χ4n) is 3.31. The van der Waals surface area contributed by atoms with Crippen molar-refractivity contribution < 1.29 is 0 Å². The van der Waals surface area contributed by atoms with Gasteiger partial charge < -0.3 is 10.2 Å². The summed E-state index contributed by atoms with van der Waals surface area (Å²) in [5.74, 6) is 0.779. The molecular formula is C14H30N2. The van der Waals surface area contributed by atoms with Gasteiger partial charge in [0.05, 0.1) is 0 Å². The molecule has 0 aromatic carbocycles. The zero-order valence-electron chi connectivity index (χ0n) is 11.8. The van der Waals surface area contributed by atoms with E-state index >= 15 is 0 Å². The maximum absolute atomic E-state index is 3.74. The average Bonchev–Trinajstić information content (AvgIpc) is 2.66. The molecule has 1 saturated carbocycles. The highest BCUT2D eigenvalue weighted by Crippen LogP contribution is 2.38. The van der Waals surface area contributed by atoms with E-state index in [1.165, 1.54) is 32.1 Å². The molecule has 1 rings (SSSR count). The molecule has 0 aromatic rings. The molecule has 1 aliphatic carbocycles. The van der Waals surface area contributed by atoms with E-state index in [1.807, 2.05) is 0 Å². The van der Waals surface area contributed by atoms with E-state index in [-0.39, 0.29) is 0 Å². The Balaban J connectivity index is 2.78. The van der Waals surface area contributed by atoms with E-state index < -0.39 is 0 Å². The van der Waals surface area contributed by atoms with Crippen molar-refractivity contribution in [1.29, 1.82) is 0 Å². The molecule has 0 heterocycles. The van der Waals surface area contributed by atoms with Crippen molar-refractivity contribution in [3.63, 3.8) is 0 Å². The minimum atomic E-state index is 0.417. The van der Waals surface area contributed by atoms with Crippen LogP contribution in [-0.2, 0) is 0 Å². The minimum Gasteiger partial charge on any atom is -0.312 e. The quantitative estimate of drug-likeness (QED) is 0.749. The van der Waals surface area contributed by atoms with Gasteiger partial charge in [0.1, 0.15) is 0 Å². The van der Waals surface area contributed by atoms with Crippen LogP contribution >= 0.6 is 0 Å². The monoisotopic (exact) mass is 226 g/mol. The molecule has 1 atom stereocenters. The fraction of sp³-hybridized carbons (Fsp3) is 1.00. The number of hydrogen-bond donors (Lipinski definition) is 1. The molecule has 1 aliphatic rings. The highest BCUT2D eigenvalue weighted by Gasteiger charge is 2.42. The van der Waals surface area contributed by atoms with Gasteiger partial charge in [-0.15, -0.1) is 0 Å². The summed E-state index contributed by atoms with van der Waals surface area (Å²) in [6, 6.07) is 0.662. The van der Waals surface area contributed by atoms with Gasteiger partial charge in [-0.05, 0) is 45.8 Å². The third-order valence-corrected chi connectivity index (χ3v) is 4.17. The lowest BCUT2D eigenvalue weighted by atomic mass is 9.82. The van der Waals surface area contributed by atoms with Gasteiger partial charge in [0.15, 0.2) is 0 Å². The Morgan fingerprint density at radius 2 is 1.75 bits per heavy atom. The fourth-order valence-corrected chi connectivity index (χ4v) is 3.31. The summed E-state index contributed by atoms with van der Waals surface area (Å²) in [6.07, 6.45) is 6.83. The molecule has 0 radical (unpaired) electrons. The first-order valence-corrected chi connectivity index (χ1v) is 6.93. The Morgan fingerprint density at radius 1 is 1.19 bits per heavy atom. The van der Waals surface area contributed by atoms with E-state index in [1.54, 1.807) is 0 Å². The Kier molecular flexibility index (Phi) is 5.26. The minimum absolute atomic E-state index is 0.417. The topological polar surface area (TPSA) is 15.3 Å². The van der Waals surface area contributed by atoms with Crippen LogP contribution in [0.4, 0.5) is 0 Å². The third-order valence-electron chi connectivity index (χ3n) is 4.17. The molecule has 0 amide bonds. The predicted molar refractivity (Wildman–Crippen MR) is 71.8 cm³/mol. The van der Waals surface area contributed by atoms with Crippen molar-refractivity contribution in [2.75, 3.05) is 20.6 Å². The van der Waals surface area contributed by atoms with Crippen molar-refractivity contribution in [1.82, 2.24) is 10.2 Å². The van der Waals surface area contributed by atoms with Crippen LogP contribution in [0, 0.1) is 5.92 Å². The second-order valence-electron chi connectivity index (χ2n) is 5.94. The van der Waals surface area contributed by atoms with Crippen molar-refractivity contribution >= 4 is 0 Å². The second kappa shape index (κ2) is 6.02. The van der Waals surface area contributed by atoms with E-state index in [9.17, 15) is 0 Å². The molecule has 0 spiro atoms. The van der Waals surface area contributed by atoms with Gasteiger partial charge in [-0.25, -0.2) is 0 Å². The first kappa shape index (κ1) is 14.0. The molecule has 0 aliphatic heterocycles. The molecule has 0 bridgehead atoms. The average molecular weight is 226 g/mol. The molecule has 1 unspecified atom stereocenters. The number of likely N-dealkylation sites (N-methyl/N-ethyl adjacent to an activating group) is 2. The van der Waals surface area contributed by atoms with Crippen molar-refractivity contribution in [3.05, 3.63) is 0 Å². The predicted octanol–water partition coefficient (Wildman–Crippen LogP) is 2.89. The van der Waals surface area contributed by atoms with Gasteiger partial charge in [-0.3, -0.25) is 0 Å². The summed E-state index contributed by atoms with van der Waals surface area (Å²) in [7, 11) is 4.52. The molecule has 2 heteroatoms. The Labute approximate surface area is 102 Å². The van der Waals surface area contributed by atoms with Crippen LogP contribution in [0.25, 0.3) is 0 Å². The van der Waals surface area contributed by atoms with Crippen LogP contribution in [0.2, 0.25) is 0 Å². The van der Waals surface area contributed by atoms with Gasteiger partial charge in [-0.2, -0.15) is 0 Å². The summed E-state index contributed by atoms with van der Waals surface area (Å²) in [6.45, 7) is 7.99. The van der Waals surface area contributed by atoms with Crippen molar-refractivity contribution in [2.45, 2.75) is 64.5 Å². The number of hydrogen-bond acceptors (Lipinski definition) is 2. The zero-order valence-corrected chi connectivity index (χ0v) is 11.8. The lowest BCUT2D eigenvalue weighted by Crippen LogP contribution is -2.57. The standard InChI is InChI=1S/C14H30N2/c1-6-15-13(11-12(2)3)14(16(4)5)9-7-8-10-14/h12-13,15H,6-11H2,1-5H3. The second-order valence-corrected chi connectivity index (χ2v) is 5.94. The van der Waals surface area contributed by atoms with E-state index in [4.69, 9.17) is 0 Å². The van der Waals surface area contributed by atoms with E-state index in [0.29, 0.717) is 11.6 Å². The molecule has 0 aromatic heterocycles. The number of nitrogens with zero attached hydrogens (tertiary/aromatic N) is 1. The highest BCUT2D eigenvalue weighted by molar-refractivity contribution is 5.02. The lowest BCUT2D eigenvalue weighted by Gasteiger charge is -2.44. The molecule has 96 valence electrons. The molecule has 16 heavy (non-hydrogen) atoms. The third kappa shape index (κ3) is 2.98. The summed E-state index contributed by atoms with van der Waals surface area (Å²) < 4.78 is 0. The summed E-state index contributed by atoms with van der Waals surface area (Å²) in [5.41, 5.74) is 0.417. The molecule has 2 nitrogen and oxygen atoms in total. The smallest absolute Gasteiger partial charge is 0.0356 e. The van der Waals surface area contributed by atoms with Crippen LogP contribution in [0.5, 0.6) is 0 Å². The number of nitrogens with one attached hydrogen (secondary N) is 1. The molecular weight excluding hydrogens is 196 g/mol. The summed E-state index contributed by atoms with van der Waals surface area (Å²) >= 11 is 0. The SMILES string of the molecule is CCNC(CC(C)C)C1(N(C)C)CCCC1. The Bertz CT molecular complexity index is 193. The maximum Gasteiger partial charge on any atom is 0.0356 e. The summed E-state index contributed by atoms with van der Waals surface area (Å²) in [5, 5.41) is 3.74. The first-order chi connectivity index (χ1) is 7.53. The first-order valence-electron chi connectivity index (χ1n) is 6.93. The van der Waals surface area contributed by atoms with Crippen molar-refractivity contribution in [2.24, 2.45) is 5.92 Å². The Morgan fingerprint density at radius 3 is 2.12 bits per heavy atom. The van der Waals surface area contributed by atoms with E-state index in [2.05, 4.69) is 45.1 Å². The van der Waals surface area contributed by atoms with Gasteiger partial charge >= 0.3 is 0 Å². The number of rotatable bonds is 6. The van der Waals surface area contributed by atoms with Crippen LogP contribution < -0.4 is 5.32 Å². The van der Waals surface area contributed by atoms with Gasteiger partial charge in [-0.1, -0.05) is 33.6 Å². The zero-order chi connectivity index (χ0) is 12.2. The largest absolute Gasteiger partial charge is 0.312 e. The van der Waals surface area contributed by atoms with Crippen LogP contribution in [0.3, 0.4) is 0 Å². The molecule has 1 N–H and O–H groups in total. The normalized spacial score (nSPS) is 21.9. The lowest BCUT2D eigenvalue weighted by molar-refractivity contribution is 0.0942. The highest BCUT2D eigenvalue weighted by atomic mass is 15.2. The van der Waals surface area contributed by atoms with E-state index in [0.717, 1.165) is 12.5 Å². The van der Waals surface area contributed by atoms with Crippen LogP contribution in [0.1, 0.15) is 52.9 Å². The molecule has 0 saturated heterocycles. The van der Waals surface area contributed by atoms with Gasteiger partial charge in [0.2, 0.25) is 0 Å². The molecule has 1 fully saturated rings. The van der Waals surface area contributed by atoms with Gasteiger partial charge in [0, 0.05) is 11.6 Å². The van der Waals surface area contributed by atoms with Crippen molar-refractivity contribution in [3.8, 4) is 0 Å². The van der Waals surface area contributed by atoms with Gasteiger partial charge in [0.25, 0.3) is 0 Å². The van der Waals surface area contributed by atoms with Crippen LogP contribution in [0.15, 0.2) is 0 Å². The Hall–Kier alpha value is -0.0800.